The molecule has 7 N–H and O–H groups in total. The van der Waals surface area contributed by atoms with E-state index in [2.05, 4.69) is 15.6 Å². The van der Waals surface area contributed by atoms with Gasteiger partial charge in [0.2, 0.25) is 0 Å². The first kappa shape index (κ1) is 22.6. The third-order valence-corrected chi connectivity index (χ3v) is 5.09. The number of amides is 3. The number of hydrogen-bond acceptors (Lipinski definition) is 3. The fraction of sp³-hybridized carbons (Fsp3) is 0.0435. The highest BCUT2D eigenvalue weighted by atomic mass is 19.4. The van der Waals surface area contributed by atoms with Crippen molar-refractivity contribution in [1.29, 1.82) is 0 Å². The fourth-order valence-electron chi connectivity index (χ4n) is 3.53. The van der Waals surface area contributed by atoms with Crippen LogP contribution in [0.4, 0.5) is 39.4 Å². The highest BCUT2D eigenvalue weighted by Gasteiger charge is 2.31. The summed E-state index contributed by atoms with van der Waals surface area (Å²) >= 11 is 0. The van der Waals surface area contributed by atoms with Gasteiger partial charge in [-0.05, 0) is 42.0 Å². The minimum atomic E-state index is -4.69. The Hall–Kier alpha value is -4.54. The zero-order chi connectivity index (χ0) is 24.6. The second kappa shape index (κ2) is 8.43. The molecular formula is C23H17F4N5O2. The summed E-state index contributed by atoms with van der Waals surface area (Å²) in [5, 5.41) is 5.15. The number of nitrogens with two attached hydrogens (primary N) is 2. The van der Waals surface area contributed by atoms with Crippen LogP contribution in [0.25, 0.3) is 22.0 Å². The molecule has 0 aliphatic rings. The lowest BCUT2D eigenvalue weighted by Crippen LogP contribution is -2.20. The van der Waals surface area contributed by atoms with E-state index < -0.39 is 35.2 Å². The smallest absolute Gasteiger partial charge is 0.397 e. The van der Waals surface area contributed by atoms with E-state index in [1.165, 1.54) is 12.1 Å². The van der Waals surface area contributed by atoms with Crippen molar-refractivity contribution in [3.05, 3.63) is 77.7 Å². The quantitative estimate of drug-likeness (QED) is 0.204. The molecule has 0 saturated carbocycles. The van der Waals surface area contributed by atoms with E-state index in [0.29, 0.717) is 45.9 Å². The number of aromatic amines is 1. The molecule has 174 valence electrons. The van der Waals surface area contributed by atoms with Crippen molar-refractivity contribution >= 4 is 39.9 Å². The van der Waals surface area contributed by atoms with Crippen molar-refractivity contribution in [2.45, 2.75) is 6.18 Å². The first-order chi connectivity index (χ1) is 16.0. The van der Waals surface area contributed by atoms with Crippen LogP contribution in [0.3, 0.4) is 0 Å². The molecule has 1 heterocycles. The summed E-state index contributed by atoms with van der Waals surface area (Å²) in [6.07, 6.45) is -4.69. The Morgan fingerprint density at radius 1 is 0.941 bits per heavy atom. The van der Waals surface area contributed by atoms with Crippen molar-refractivity contribution in [2.75, 3.05) is 16.4 Å². The van der Waals surface area contributed by atoms with Gasteiger partial charge in [0.05, 0.1) is 22.5 Å². The van der Waals surface area contributed by atoms with Gasteiger partial charge in [0.1, 0.15) is 11.5 Å². The molecule has 0 atom stereocenters. The largest absolute Gasteiger partial charge is 0.416 e. The molecule has 1 aromatic heterocycles. The van der Waals surface area contributed by atoms with Crippen LogP contribution >= 0.6 is 0 Å². The Morgan fingerprint density at radius 3 is 2.29 bits per heavy atom. The predicted octanol–water partition coefficient (Wildman–Crippen LogP) is 5.32. The van der Waals surface area contributed by atoms with Gasteiger partial charge in [0.15, 0.2) is 0 Å². The number of urea groups is 1. The van der Waals surface area contributed by atoms with Gasteiger partial charge in [0.25, 0.3) is 5.91 Å². The molecule has 0 aliphatic heterocycles. The lowest BCUT2D eigenvalue weighted by Gasteiger charge is -2.12. The number of para-hydroxylation sites is 1. The third-order valence-electron chi connectivity index (χ3n) is 5.09. The van der Waals surface area contributed by atoms with Crippen LogP contribution in [0.15, 0.2) is 60.7 Å². The maximum absolute atomic E-state index is 13.9. The van der Waals surface area contributed by atoms with Crippen molar-refractivity contribution in [2.24, 2.45) is 5.73 Å². The summed E-state index contributed by atoms with van der Waals surface area (Å²) in [5.74, 6) is -1.70. The lowest BCUT2D eigenvalue weighted by atomic mass is 10.0. The van der Waals surface area contributed by atoms with Gasteiger partial charge in [-0.2, -0.15) is 13.2 Å². The average Bonchev–Trinajstić information content (AvgIpc) is 3.16. The molecule has 0 radical (unpaired) electrons. The number of aromatic nitrogens is 1. The molecule has 3 amide bonds. The number of hydrogen-bond donors (Lipinski definition) is 5. The summed E-state index contributed by atoms with van der Waals surface area (Å²) < 4.78 is 52.4. The van der Waals surface area contributed by atoms with Crippen LogP contribution in [0.5, 0.6) is 0 Å². The summed E-state index contributed by atoms with van der Waals surface area (Å²) in [4.78, 5) is 27.1. The van der Waals surface area contributed by atoms with Crippen LogP contribution in [0, 0.1) is 5.82 Å². The van der Waals surface area contributed by atoms with Gasteiger partial charge in [-0.3, -0.25) is 4.79 Å². The number of nitrogens with one attached hydrogen (secondary N) is 3. The summed E-state index contributed by atoms with van der Waals surface area (Å²) in [6.45, 7) is 0. The van der Waals surface area contributed by atoms with Gasteiger partial charge in [-0.25, -0.2) is 9.18 Å². The van der Waals surface area contributed by atoms with Crippen LogP contribution < -0.4 is 22.1 Å². The molecule has 7 nitrogen and oxygen atoms in total. The average molecular weight is 471 g/mol. The van der Waals surface area contributed by atoms with Gasteiger partial charge < -0.3 is 27.1 Å². The number of halogens is 4. The Morgan fingerprint density at radius 2 is 1.65 bits per heavy atom. The van der Waals surface area contributed by atoms with E-state index in [1.807, 2.05) is 0 Å². The molecule has 11 heteroatoms. The van der Waals surface area contributed by atoms with Crippen LogP contribution in [-0.2, 0) is 6.18 Å². The zero-order valence-electron chi connectivity index (χ0n) is 17.3. The number of carbonyl (C=O) groups excluding carboxylic acids is 2. The molecule has 0 aliphatic carbocycles. The summed E-state index contributed by atoms with van der Waals surface area (Å²) in [6, 6.07) is 12.2. The number of anilines is 3. The van der Waals surface area contributed by atoms with E-state index in [0.717, 1.165) is 0 Å². The maximum atomic E-state index is 13.9. The highest BCUT2D eigenvalue weighted by molar-refractivity contribution is 6.11. The molecule has 4 aromatic rings. The predicted molar refractivity (Wildman–Crippen MR) is 121 cm³/mol. The molecule has 0 bridgehead atoms. The van der Waals surface area contributed by atoms with Gasteiger partial charge >= 0.3 is 12.2 Å². The number of rotatable bonds is 4. The van der Waals surface area contributed by atoms with Crippen molar-refractivity contribution in [3.8, 4) is 11.1 Å². The zero-order valence-corrected chi connectivity index (χ0v) is 17.3. The molecule has 0 unspecified atom stereocenters. The fourth-order valence-corrected chi connectivity index (χ4v) is 3.53. The van der Waals surface area contributed by atoms with Crippen LogP contribution in [-0.4, -0.2) is 16.9 Å². The summed E-state index contributed by atoms with van der Waals surface area (Å²) in [5.41, 5.74) is 12.3. The Kier molecular flexibility index (Phi) is 5.61. The molecule has 3 aromatic carbocycles. The first-order valence-corrected chi connectivity index (χ1v) is 9.79. The molecule has 4 rings (SSSR count). The number of alkyl halides is 3. The van der Waals surface area contributed by atoms with Gasteiger partial charge in [-0.15, -0.1) is 0 Å². The topological polar surface area (TPSA) is 126 Å². The van der Waals surface area contributed by atoms with Crippen molar-refractivity contribution in [3.63, 3.8) is 0 Å². The van der Waals surface area contributed by atoms with Crippen molar-refractivity contribution in [1.82, 2.24) is 4.98 Å². The van der Waals surface area contributed by atoms with E-state index in [4.69, 9.17) is 11.5 Å². The number of fused-ring (bicyclic) bond motifs is 1. The molecule has 34 heavy (non-hydrogen) atoms. The number of nitrogen functional groups attached to an aromatic ring is 1. The molecule has 0 fully saturated rings. The molecule has 0 saturated heterocycles. The van der Waals surface area contributed by atoms with Gasteiger partial charge in [-0.1, -0.05) is 24.3 Å². The standard InChI is InChI=1S/C23H17F4N5O2/c24-15-9-6-12(23(25,26)27)10-17(15)31-22(34)30-13-7-4-11(5-8-13)18-14-2-1-3-16(28)19(14)32-20(18)21(29)33/h1-10,32H,28H2,(H2,29,33)(H2,30,31,34). The second-order valence-corrected chi connectivity index (χ2v) is 7.36. The number of carbonyl (C=O) groups is 2. The normalized spacial score (nSPS) is 11.4. The Bertz CT molecular complexity index is 1410. The molecule has 0 spiro atoms. The van der Waals surface area contributed by atoms with E-state index in [-0.39, 0.29) is 11.4 Å². The SMILES string of the molecule is NC(=O)c1[nH]c2c(N)cccc2c1-c1ccc(NC(=O)Nc2cc(C(F)(F)F)ccc2F)cc1. The monoisotopic (exact) mass is 471 g/mol. The van der Waals surface area contributed by atoms with E-state index >= 15 is 0 Å². The highest BCUT2D eigenvalue weighted by Crippen LogP contribution is 2.35. The molecular weight excluding hydrogens is 454 g/mol. The van der Waals surface area contributed by atoms with Crippen LogP contribution in [0.1, 0.15) is 16.1 Å². The Balaban J connectivity index is 1.57. The number of H-pyrrole nitrogens is 1. The van der Waals surface area contributed by atoms with Crippen LogP contribution in [0.2, 0.25) is 0 Å². The number of benzene rings is 3. The minimum Gasteiger partial charge on any atom is -0.397 e. The Labute approximate surface area is 189 Å². The lowest BCUT2D eigenvalue weighted by molar-refractivity contribution is -0.137. The maximum Gasteiger partial charge on any atom is 0.416 e. The first-order valence-electron chi connectivity index (χ1n) is 9.79. The minimum absolute atomic E-state index is 0.159. The van der Waals surface area contributed by atoms with Gasteiger partial charge in [0, 0.05) is 16.6 Å². The van der Waals surface area contributed by atoms with E-state index in [9.17, 15) is 27.2 Å². The van der Waals surface area contributed by atoms with Crippen molar-refractivity contribution < 1.29 is 27.2 Å². The third kappa shape index (κ3) is 4.35. The second-order valence-electron chi connectivity index (χ2n) is 7.36. The van der Waals surface area contributed by atoms with E-state index in [1.54, 1.807) is 30.3 Å². The number of primary amides is 1. The summed E-state index contributed by atoms with van der Waals surface area (Å²) in [7, 11) is 0.